The van der Waals surface area contributed by atoms with Gasteiger partial charge in [0.25, 0.3) is 0 Å². The van der Waals surface area contributed by atoms with Crippen LogP contribution in [0.4, 0.5) is 0 Å². The average Bonchev–Trinajstić information content (AvgIpc) is 2.75. The molecule has 1 rings (SSSR count). The molecule has 1 aliphatic heterocycles. The second-order valence-electron chi connectivity index (χ2n) is 4.05. The van der Waals surface area contributed by atoms with E-state index >= 15 is 0 Å². The Morgan fingerprint density at radius 1 is 1.44 bits per heavy atom. The number of rotatable bonds is 6. The first kappa shape index (κ1) is 14.4. The topological polar surface area (TPSA) is 125 Å². The van der Waals surface area contributed by atoms with Gasteiger partial charge in [-0.3, -0.25) is 9.59 Å². The molecule has 4 N–H and O–H groups in total. The van der Waals surface area contributed by atoms with Crippen LogP contribution in [-0.2, 0) is 19.1 Å². The number of ether oxygens (including phenoxy) is 1. The van der Waals surface area contributed by atoms with Crippen LogP contribution < -0.4 is 10.6 Å². The van der Waals surface area contributed by atoms with Crippen molar-refractivity contribution in [2.75, 3.05) is 13.7 Å². The van der Waals surface area contributed by atoms with Gasteiger partial charge in [0.2, 0.25) is 5.91 Å². The predicted molar refractivity (Wildman–Crippen MR) is 59.0 cm³/mol. The molecule has 3 unspecified atom stereocenters. The Labute approximate surface area is 103 Å². The molecule has 1 amide bonds. The lowest BCUT2D eigenvalue weighted by Crippen LogP contribution is -2.49. The zero-order chi connectivity index (χ0) is 13.7. The van der Waals surface area contributed by atoms with Gasteiger partial charge in [-0.2, -0.15) is 0 Å². The number of amides is 1. The third-order valence-electron chi connectivity index (χ3n) is 2.73. The summed E-state index contributed by atoms with van der Waals surface area (Å²) in [5, 5.41) is 22.4. The number of carboxylic acids is 2. The maximum atomic E-state index is 11.7. The number of hydrogen-bond donors (Lipinski definition) is 4. The Hall–Kier alpha value is -1.67. The fourth-order valence-electron chi connectivity index (χ4n) is 1.73. The monoisotopic (exact) mass is 260 g/mol. The van der Waals surface area contributed by atoms with Crippen LogP contribution in [0.2, 0.25) is 0 Å². The first-order chi connectivity index (χ1) is 8.43. The van der Waals surface area contributed by atoms with Crippen LogP contribution in [0.25, 0.3) is 0 Å². The van der Waals surface area contributed by atoms with Crippen molar-refractivity contribution < 1.29 is 29.3 Å². The summed E-state index contributed by atoms with van der Waals surface area (Å²) in [6, 6.07) is -1.97. The number of carboxylic acid groups (broad SMARTS) is 2. The Balaban J connectivity index is 2.51. The van der Waals surface area contributed by atoms with Gasteiger partial charge in [0.15, 0.2) is 0 Å². The molecule has 18 heavy (non-hydrogen) atoms. The van der Waals surface area contributed by atoms with Crippen molar-refractivity contribution in [2.45, 2.75) is 31.0 Å². The molecule has 0 spiro atoms. The zero-order valence-electron chi connectivity index (χ0n) is 9.88. The quantitative estimate of drug-likeness (QED) is 0.453. The molecule has 0 bridgehead atoms. The van der Waals surface area contributed by atoms with Gasteiger partial charge < -0.3 is 25.6 Å². The number of nitrogens with one attached hydrogen (secondary N) is 2. The van der Waals surface area contributed by atoms with E-state index in [1.807, 2.05) is 0 Å². The van der Waals surface area contributed by atoms with E-state index in [1.54, 1.807) is 0 Å². The zero-order valence-corrected chi connectivity index (χ0v) is 9.88. The minimum atomic E-state index is -1.42. The van der Waals surface area contributed by atoms with Gasteiger partial charge in [0.05, 0.1) is 18.6 Å². The number of hydrogen-bond acceptors (Lipinski definition) is 5. The van der Waals surface area contributed by atoms with Crippen molar-refractivity contribution in [3.05, 3.63) is 0 Å². The highest BCUT2D eigenvalue weighted by molar-refractivity contribution is 5.89. The summed E-state index contributed by atoms with van der Waals surface area (Å²) in [6.45, 7) is 0.505. The summed E-state index contributed by atoms with van der Waals surface area (Å²) in [6.07, 6.45) is -0.313. The van der Waals surface area contributed by atoms with Gasteiger partial charge in [0.1, 0.15) is 6.04 Å². The normalized spacial score (nSPS) is 24.5. The van der Waals surface area contributed by atoms with Crippen molar-refractivity contribution in [1.29, 1.82) is 0 Å². The first-order valence-electron chi connectivity index (χ1n) is 5.45. The van der Waals surface area contributed by atoms with E-state index in [-0.39, 0.29) is 6.10 Å². The van der Waals surface area contributed by atoms with Gasteiger partial charge in [0, 0.05) is 13.7 Å². The van der Waals surface area contributed by atoms with Crippen LogP contribution in [0.3, 0.4) is 0 Å². The van der Waals surface area contributed by atoms with E-state index in [0.717, 1.165) is 0 Å². The Kier molecular flexibility index (Phi) is 5.05. The molecule has 1 saturated heterocycles. The smallest absolute Gasteiger partial charge is 0.326 e. The van der Waals surface area contributed by atoms with Gasteiger partial charge in [-0.1, -0.05) is 0 Å². The highest BCUT2D eigenvalue weighted by Crippen LogP contribution is 2.10. The van der Waals surface area contributed by atoms with Crippen LogP contribution in [0.15, 0.2) is 0 Å². The molecular weight excluding hydrogens is 244 g/mol. The third kappa shape index (κ3) is 3.97. The summed E-state index contributed by atoms with van der Waals surface area (Å²) in [4.78, 5) is 33.0. The minimum Gasteiger partial charge on any atom is -0.481 e. The highest BCUT2D eigenvalue weighted by Gasteiger charge is 2.32. The SMILES string of the molecule is COC1CNC(C(=O)NC(CC(=O)O)C(=O)O)C1. The van der Waals surface area contributed by atoms with Gasteiger partial charge in [-0.05, 0) is 6.42 Å². The van der Waals surface area contributed by atoms with Crippen LogP contribution in [0.1, 0.15) is 12.8 Å². The lowest BCUT2D eigenvalue weighted by atomic mass is 10.1. The number of carbonyl (C=O) groups excluding carboxylic acids is 1. The van der Waals surface area contributed by atoms with E-state index in [4.69, 9.17) is 14.9 Å². The minimum absolute atomic E-state index is 0.0940. The second-order valence-corrected chi connectivity index (χ2v) is 4.05. The van der Waals surface area contributed by atoms with E-state index in [2.05, 4.69) is 10.6 Å². The molecular formula is C10H16N2O6. The molecule has 1 fully saturated rings. The summed E-state index contributed by atoms with van der Waals surface area (Å²) in [5.41, 5.74) is 0. The van der Waals surface area contributed by atoms with Crippen LogP contribution in [-0.4, -0.2) is 59.9 Å². The number of methoxy groups -OCH3 is 1. The van der Waals surface area contributed by atoms with Crippen molar-refractivity contribution in [3.8, 4) is 0 Å². The van der Waals surface area contributed by atoms with Gasteiger partial charge in [-0.25, -0.2) is 4.79 Å². The third-order valence-corrected chi connectivity index (χ3v) is 2.73. The maximum absolute atomic E-state index is 11.7. The van der Waals surface area contributed by atoms with Gasteiger partial charge in [-0.15, -0.1) is 0 Å². The van der Waals surface area contributed by atoms with Gasteiger partial charge >= 0.3 is 11.9 Å². The molecule has 0 radical (unpaired) electrons. The lowest BCUT2D eigenvalue weighted by molar-refractivity contribution is -0.147. The summed E-state index contributed by atoms with van der Waals surface area (Å²) >= 11 is 0. The Morgan fingerprint density at radius 2 is 2.11 bits per heavy atom. The largest absolute Gasteiger partial charge is 0.481 e. The standard InChI is InChI=1S/C10H16N2O6/c1-18-5-2-6(11-4-5)9(15)12-7(10(16)17)3-8(13)14/h5-7,11H,2-4H2,1H3,(H,12,15)(H,13,14)(H,16,17). The Morgan fingerprint density at radius 3 is 2.56 bits per heavy atom. The first-order valence-corrected chi connectivity index (χ1v) is 5.45. The van der Waals surface area contributed by atoms with Crippen LogP contribution in [0.5, 0.6) is 0 Å². The van der Waals surface area contributed by atoms with Crippen molar-refractivity contribution in [2.24, 2.45) is 0 Å². The molecule has 0 aliphatic carbocycles. The molecule has 0 aromatic heterocycles. The summed E-state index contributed by atoms with van der Waals surface area (Å²) < 4.78 is 5.06. The fourth-order valence-corrected chi connectivity index (χ4v) is 1.73. The molecule has 8 heteroatoms. The van der Waals surface area contributed by atoms with E-state index < -0.39 is 36.4 Å². The molecule has 0 aromatic carbocycles. The van der Waals surface area contributed by atoms with Crippen LogP contribution in [0, 0.1) is 0 Å². The van der Waals surface area contributed by atoms with Crippen molar-refractivity contribution in [1.82, 2.24) is 10.6 Å². The number of aliphatic carboxylic acids is 2. The molecule has 0 aromatic rings. The molecule has 1 heterocycles. The van der Waals surface area contributed by atoms with E-state index in [9.17, 15) is 14.4 Å². The molecule has 102 valence electrons. The second kappa shape index (κ2) is 6.31. The fraction of sp³-hybridized carbons (Fsp3) is 0.700. The molecule has 3 atom stereocenters. The van der Waals surface area contributed by atoms with Crippen LogP contribution >= 0.6 is 0 Å². The average molecular weight is 260 g/mol. The number of carbonyl (C=O) groups is 3. The summed E-state index contributed by atoms with van der Waals surface area (Å²) in [7, 11) is 1.52. The highest BCUT2D eigenvalue weighted by atomic mass is 16.5. The summed E-state index contributed by atoms with van der Waals surface area (Å²) in [5.74, 6) is -3.17. The van der Waals surface area contributed by atoms with E-state index in [1.165, 1.54) is 7.11 Å². The molecule has 1 aliphatic rings. The molecule has 0 saturated carbocycles. The lowest BCUT2D eigenvalue weighted by Gasteiger charge is -2.16. The van der Waals surface area contributed by atoms with Crippen molar-refractivity contribution in [3.63, 3.8) is 0 Å². The van der Waals surface area contributed by atoms with Crippen molar-refractivity contribution >= 4 is 17.8 Å². The molecule has 8 nitrogen and oxygen atoms in total. The van der Waals surface area contributed by atoms with E-state index in [0.29, 0.717) is 13.0 Å². The maximum Gasteiger partial charge on any atom is 0.326 e. The predicted octanol–water partition coefficient (Wildman–Crippen LogP) is -1.59. The Bertz CT molecular complexity index is 345.